The van der Waals surface area contributed by atoms with Crippen LogP contribution >= 0.6 is 11.3 Å². The predicted octanol–water partition coefficient (Wildman–Crippen LogP) is 2.91. The van der Waals surface area contributed by atoms with Gasteiger partial charge in [-0.2, -0.15) is 11.3 Å². The largest absolute Gasteiger partial charge is 0.324 e. The molecule has 0 saturated carbocycles. The fraction of sp³-hybridized carbons (Fsp3) is 0.250. The van der Waals surface area contributed by atoms with Gasteiger partial charge < -0.3 is 5.73 Å². The molecule has 0 bridgehead atoms. The molecular weight excluding hydrogens is 223 g/mol. The average Bonchev–Trinajstić information content (AvgIpc) is 2.79. The Labute approximate surface area is 97.9 Å². The summed E-state index contributed by atoms with van der Waals surface area (Å²) in [6.07, 6.45) is 4.41. The van der Waals surface area contributed by atoms with Crippen molar-refractivity contribution in [3.63, 3.8) is 0 Å². The van der Waals surface area contributed by atoms with Gasteiger partial charge in [0.25, 0.3) is 0 Å². The number of hydrogen-bond donors (Lipinski definition) is 1. The lowest BCUT2D eigenvalue weighted by atomic mass is 10.0. The van der Waals surface area contributed by atoms with E-state index >= 15 is 0 Å². The first-order valence-corrected chi connectivity index (χ1v) is 6.07. The van der Waals surface area contributed by atoms with Gasteiger partial charge in [-0.3, -0.25) is 4.98 Å². The first-order chi connectivity index (χ1) is 7.77. The third kappa shape index (κ3) is 2.65. The molecule has 0 aliphatic carbocycles. The zero-order valence-corrected chi connectivity index (χ0v) is 9.58. The van der Waals surface area contributed by atoms with Gasteiger partial charge in [-0.1, -0.05) is 0 Å². The monoisotopic (exact) mass is 236 g/mol. The van der Waals surface area contributed by atoms with Crippen molar-refractivity contribution in [2.45, 2.75) is 18.9 Å². The van der Waals surface area contributed by atoms with Gasteiger partial charge in [0.1, 0.15) is 5.82 Å². The van der Waals surface area contributed by atoms with Gasteiger partial charge >= 0.3 is 0 Å². The van der Waals surface area contributed by atoms with Crippen LogP contribution in [0, 0.1) is 5.82 Å². The van der Waals surface area contributed by atoms with E-state index < -0.39 is 0 Å². The Balaban J connectivity index is 1.98. The minimum Gasteiger partial charge on any atom is -0.324 e. The van der Waals surface area contributed by atoms with E-state index in [1.165, 1.54) is 11.8 Å². The third-order valence-corrected chi connectivity index (χ3v) is 3.26. The maximum atomic E-state index is 13.4. The van der Waals surface area contributed by atoms with E-state index in [0.29, 0.717) is 5.56 Å². The maximum absolute atomic E-state index is 13.4. The first kappa shape index (κ1) is 11.2. The minimum absolute atomic E-state index is 0.261. The Morgan fingerprint density at radius 1 is 1.44 bits per heavy atom. The summed E-state index contributed by atoms with van der Waals surface area (Å²) in [7, 11) is 0. The van der Waals surface area contributed by atoms with Gasteiger partial charge in [-0.05, 0) is 41.3 Å². The zero-order valence-electron chi connectivity index (χ0n) is 8.77. The van der Waals surface area contributed by atoms with E-state index in [9.17, 15) is 4.39 Å². The molecule has 1 unspecified atom stereocenters. The minimum atomic E-state index is -0.319. The molecule has 2 rings (SSSR count). The van der Waals surface area contributed by atoms with Crippen molar-refractivity contribution in [2.24, 2.45) is 5.73 Å². The second-order valence-corrected chi connectivity index (χ2v) is 4.45. The molecule has 0 fully saturated rings. The molecule has 0 aliphatic heterocycles. The standard InChI is InChI=1S/C12H13FN2S/c13-11-7-15-5-3-10(11)12(14)2-1-9-4-6-16-8-9/h3-8,12H,1-2,14H2. The molecule has 2 aromatic rings. The average molecular weight is 236 g/mol. The van der Waals surface area contributed by atoms with Gasteiger partial charge in [0, 0.05) is 17.8 Å². The van der Waals surface area contributed by atoms with Crippen molar-refractivity contribution in [2.75, 3.05) is 0 Å². The molecule has 0 aliphatic rings. The molecule has 2 heterocycles. The molecule has 2 N–H and O–H groups in total. The van der Waals surface area contributed by atoms with Crippen LogP contribution in [-0.2, 0) is 6.42 Å². The molecular formula is C12H13FN2S. The lowest BCUT2D eigenvalue weighted by molar-refractivity contribution is 0.559. The highest BCUT2D eigenvalue weighted by Crippen LogP contribution is 2.19. The van der Waals surface area contributed by atoms with Crippen molar-refractivity contribution in [3.8, 4) is 0 Å². The maximum Gasteiger partial charge on any atom is 0.146 e. The summed E-state index contributed by atoms with van der Waals surface area (Å²) in [6.45, 7) is 0. The van der Waals surface area contributed by atoms with E-state index in [1.54, 1.807) is 23.6 Å². The van der Waals surface area contributed by atoms with Crippen molar-refractivity contribution in [1.29, 1.82) is 0 Å². The second-order valence-electron chi connectivity index (χ2n) is 3.67. The Morgan fingerprint density at radius 3 is 3.00 bits per heavy atom. The Morgan fingerprint density at radius 2 is 2.31 bits per heavy atom. The van der Waals surface area contributed by atoms with Crippen LogP contribution in [0.15, 0.2) is 35.3 Å². The topological polar surface area (TPSA) is 38.9 Å². The van der Waals surface area contributed by atoms with Crippen LogP contribution in [-0.4, -0.2) is 4.98 Å². The summed E-state index contributed by atoms with van der Waals surface area (Å²) in [5.74, 6) is -0.319. The van der Waals surface area contributed by atoms with Crippen LogP contribution in [0.4, 0.5) is 4.39 Å². The Hall–Kier alpha value is -1.26. The molecule has 0 aromatic carbocycles. The van der Waals surface area contributed by atoms with Crippen molar-refractivity contribution >= 4 is 11.3 Å². The molecule has 16 heavy (non-hydrogen) atoms. The summed E-state index contributed by atoms with van der Waals surface area (Å²) in [4.78, 5) is 3.71. The van der Waals surface area contributed by atoms with Gasteiger partial charge in [0.15, 0.2) is 0 Å². The molecule has 1 atom stereocenters. The van der Waals surface area contributed by atoms with Gasteiger partial charge in [0.2, 0.25) is 0 Å². The molecule has 0 radical (unpaired) electrons. The lowest BCUT2D eigenvalue weighted by Crippen LogP contribution is -2.13. The summed E-state index contributed by atoms with van der Waals surface area (Å²) in [5.41, 5.74) is 7.75. The number of aryl methyl sites for hydroxylation is 1. The summed E-state index contributed by atoms with van der Waals surface area (Å²) in [6, 6.07) is 3.45. The van der Waals surface area contributed by atoms with Gasteiger partial charge in [0.05, 0.1) is 6.20 Å². The molecule has 0 saturated heterocycles. The SMILES string of the molecule is NC(CCc1ccsc1)c1ccncc1F. The fourth-order valence-corrected chi connectivity index (χ4v) is 2.30. The van der Waals surface area contributed by atoms with Gasteiger partial charge in [-0.25, -0.2) is 4.39 Å². The number of thiophene rings is 1. The first-order valence-electron chi connectivity index (χ1n) is 5.13. The van der Waals surface area contributed by atoms with E-state index in [1.807, 2.05) is 5.38 Å². The molecule has 84 valence electrons. The predicted molar refractivity (Wildman–Crippen MR) is 63.8 cm³/mol. The number of pyridine rings is 1. The number of rotatable bonds is 4. The third-order valence-electron chi connectivity index (χ3n) is 2.53. The number of nitrogens with zero attached hydrogens (tertiary/aromatic N) is 1. The number of nitrogens with two attached hydrogens (primary N) is 1. The van der Waals surface area contributed by atoms with E-state index in [0.717, 1.165) is 12.8 Å². The molecule has 0 spiro atoms. The highest BCUT2D eigenvalue weighted by atomic mass is 32.1. The number of aromatic nitrogens is 1. The quantitative estimate of drug-likeness (QED) is 0.886. The number of halogens is 1. The van der Waals surface area contributed by atoms with Gasteiger partial charge in [-0.15, -0.1) is 0 Å². The fourth-order valence-electron chi connectivity index (χ4n) is 1.60. The Bertz CT molecular complexity index is 442. The van der Waals surface area contributed by atoms with Crippen LogP contribution in [0.5, 0.6) is 0 Å². The molecule has 4 heteroatoms. The van der Waals surface area contributed by atoms with Crippen molar-refractivity contribution in [3.05, 3.63) is 52.2 Å². The summed E-state index contributed by atoms with van der Waals surface area (Å²) in [5, 5.41) is 4.13. The summed E-state index contributed by atoms with van der Waals surface area (Å²) < 4.78 is 13.4. The van der Waals surface area contributed by atoms with Crippen LogP contribution in [0.1, 0.15) is 23.6 Å². The van der Waals surface area contributed by atoms with Crippen LogP contribution < -0.4 is 5.73 Å². The highest BCUT2D eigenvalue weighted by Gasteiger charge is 2.11. The lowest BCUT2D eigenvalue weighted by Gasteiger charge is -2.11. The second kappa shape index (κ2) is 5.18. The normalized spacial score (nSPS) is 12.6. The number of hydrogen-bond acceptors (Lipinski definition) is 3. The Kier molecular flexibility index (Phi) is 3.64. The molecule has 2 aromatic heterocycles. The molecule has 0 amide bonds. The zero-order chi connectivity index (χ0) is 11.4. The van der Waals surface area contributed by atoms with E-state index in [4.69, 9.17) is 5.73 Å². The van der Waals surface area contributed by atoms with E-state index in [2.05, 4.69) is 16.4 Å². The van der Waals surface area contributed by atoms with Crippen LogP contribution in [0.2, 0.25) is 0 Å². The summed E-state index contributed by atoms with van der Waals surface area (Å²) >= 11 is 1.67. The van der Waals surface area contributed by atoms with E-state index in [-0.39, 0.29) is 11.9 Å². The van der Waals surface area contributed by atoms with Crippen LogP contribution in [0.25, 0.3) is 0 Å². The highest BCUT2D eigenvalue weighted by molar-refractivity contribution is 7.07. The molecule has 2 nitrogen and oxygen atoms in total. The van der Waals surface area contributed by atoms with Crippen LogP contribution in [0.3, 0.4) is 0 Å². The van der Waals surface area contributed by atoms with Crippen molar-refractivity contribution < 1.29 is 4.39 Å². The van der Waals surface area contributed by atoms with Crippen molar-refractivity contribution in [1.82, 2.24) is 4.98 Å². The smallest absolute Gasteiger partial charge is 0.146 e.